The zero-order valence-corrected chi connectivity index (χ0v) is 15.5. The minimum absolute atomic E-state index is 0.183. The van der Waals surface area contributed by atoms with Gasteiger partial charge in [0.2, 0.25) is 11.8 Å². The third-order valence-corrected chi connectivity index (χ3v) is 4.15. The van der Waals surface area contributed by atoms with E-state index in [-0.39, 0.29) is 12.1 Å². The summed E-state index contributed by atoms with van der Waals surface area (Å²) in [6.07, 6.45) is -2.66. The summed E-state index contributed by atoms with van der Waals surface area (Å²) in [4.78, 5) is 9.79. The number of anilines is 2. The number of halogens is 3. The molecule has 0 fully saturated rings. The number of aromatic nitrogens is 2. The first-order chi connectivity index (χ1) is 12.3. The van der Waals surface area contributed by atoms with Crippen LogP contribution in [0.1, 0.15) is 45.2 Å². The maximum Gasteiger partial charge on any atom is 0.423 e. The monoisotopic (exact) mass is 367 g/mol. The third-order valence-electron chi connectivity index (χ3n) is 4.15. The fourth-order valence-corrected chi connectivity index (χ4v) is 2.40. The molecule has 1 atom stereocenters. The molecule has 0 amide bonds. The molecule has 0 bridgehead atoms. The van der Waals surface area contributed by atoms with Crippen LogP contribution < -0.4 is 9.64 Å². The highest BCUT2D eigenvalue weighted by molar-refractivity contribution is 5.58. The summed E-state index contributed by atoms with van der Waals surface area (Å²) in [6, 6.07) is 7.80. The molecule has 0 spiro atoms. The molecule has 1 aromatic heterocycles. The van der Waals surface area contributed by atoms with Crippen LogP contribution in [0, 0.1) is 0 Å². The second kappa shape index (κ2) is 8.38. The van der Waals surface area contributed by atoms with E-state index in [0.717, 1.165) is 18.3 Å². The van der Waals surface area contributed by atoms with Gasteiger partial charge in [-0.15, -0.1) is 0 Å². The van der Waals surface area contributed by atoms with Gasteiger partial charge in [-0.3, -0.25) is 0 Å². The molecule has 1 aromatic carbocycles. The number of benzene rings is 1. The average Bonchev–Trinajstić information content (AvgIpc) is 2.62. The molecule has 142 valence electrons. The summed E-state index contributed by atoms with van der Waals surface area (Å²) in [7, 11) is 0. The lowest BCUT2D eigenvalue weighted by Crippen LogP contribution is -2.22. The molecule has 0 aliphatic heterocycles. The number of rotatable bonds is 7. The highest BCUT2D eigenvalue weighted by Gasteiger charge is 2.37. The summed E-state index contributed by atoms with van der Waals surface area (Å²) in [5, 5.41) is 0. The topological polar surface area (TPSA) is 38.2 Å². The van der Waals surface area contributed by atoms with Gasteiger partial charge < -0.3 is 9.64 Å². The zero-order valence-electron chi connectivity index (χ0n) is 15.5. The maximum atomic E-state index is 13.3. The average molecular weight is 367 g/mol. The predicted octanol–water partition coefficient (Wildman–Crippen LogP) is 5.39. The van der Waals surface area contributed by atoms with Crippen molar-refractivity contribution in [3.63, 3.8) is 0 Å². The molecular weight excluding hydrogens is 343 g/mol. The minimum Gasteiger partial charge on any atom is -0.474 e. The van der Waals surface area contributed by atoms with Gasteiger partial charge in [-0.25, -0.2) is 4.98 Å². The van der Waals surface area contributed by atoms with Gasteiger partial charge in [0.1, 0.15) is 5.56 Å². The minimum atomic E-state index is -4.57. The zero-order chi connectivity index (χ0) is 19.3. The van der Waals surface area contributed by atoms with E-state index in [4.69, 9.17) is 4.74 Å². The molecule has 0 N–H and O–H groups in total. The Morgan fingerprint density at radius 3 is 2.27 bits per heavy atom. The second-order valence-corrected chi connectivity index (χ2v) is 5.99. The van der Waals surface area contributed by atoms with Crippen molar-refractivity contribution in [1.82, 2.24) is 9.97 Å². The summed E-state index contributed by atoms with van der Waals surface area (Å²) in [5.74, 6) is -0.247. The van der Waals surface area contributed by atoms with Gasteiger partial charge in [-0.1, -0.05) is 26.0 Å². The fourth-order valence-electron chi connectivity index (χ4n) is 2.40. The van der Waals surface area contributed by atoms with Crippen molar-refractivity contribution in [3.05, 3.63) is 41.6 Å². The van der Waals surface area contributed by atoms with Gasteiger partial charge in [-0.05, 0) is 44.4 Å². The van der Waals surface area contributed by atoms with Gasteiger partial charge in [-0.2, -0.15) is 18.2 Å². The van der Waals surface area contributed by atoms with E-state index >= 15 is 0 Å². The molecule has 0 saturated heterocycles. The summed E-state index contributed by atoms with van der Waals surface area (Å²) in [5.41, 5.74) is 1.04. The van der Waals surface area contributed by atoms with Crippen molar-refractivity contribution in [3.8, 4) is 5.88 Å². The Hall–Kier alpha value is -2.31. The molecular formula is C19H24F3N3O. The Bertz CT molecular complexity index is 717. The van der Waals surface area contributed by atoms with Crippen LogP contribution in [0.2, 0.25) is 0 Å². The molecule has 1 heterocycles. The predicted molar refractivity (Wildman–Crippen MR) is 95.9 cm³/mol. The number of aryl methyl sites for hydroxylation is 1. The molecule has 7 heteroatoms. The molecule has 0 aliphatic rings. The first-order valence-corrected chi connectivity index (χ1v) is 8.77. The van der Waals surface area contributed by atoms with Crippen molar-refractivity contribution in [2.45, 2.75) is 52.8 Å². The van der Waals surface area contributed by atoms with Crippen LogP contribution in [0.4, 0.5) is 24.8 Å². The number of hydrogen-bond acceptors (Lipinski definition) is 4. The van der Waals surface area contributed by atoms with Gasteiger partial charge in [0, 0.05) is 18.4 Å². The van der Waals surface area contributed by atoms with Crippen LogP contribution in [0.5, 0.6) is 5.88 Å². The largest absolute Gasteiger partial charge is 0.474 e. The number of alkyl halides is 3. The number of ether oxygens (including phenoxy) is 1. The van der Waals surface area contributed by atoms with E-state index in [2.05, 4.69) is 16.9 Å². The Morgan fingerprint density at radius 1 is 1.12 bits per heavy atom. The van der Waals surface area contributed by atoms with Crippen LogP contribution in [0.3, 0.4) is 0 Å². The molecule has 0 aliphatic carbocycles. The summed E-state index contributed by atoms with van der Waals surface area (Å²) in [6.45, 7) is 8.02. The first-order valence-electron chi connectivity index (χ1n) is 8.77. The van der Waals surface area contributed by atoms with Gasteiger partial charge in [0.15, 0.2) is 0 Å². The van der Waals surface area contributed by atoms with E-state index < -0.39 is 17.6 Å². The Morgan fingerprint density at radius 2 is 1.77 bits per heavy atom. The molecule has 2 aromatic rings. The second-order valence-electron chi connectivity index (χ2n) is 5.99. The molecule has 1 unspecified atom stereocenters. The first kappa shape index (κ1) is 20.0. The molecule has 4 nitrogen and oxygen atoms in total. The SMILES string of the molecule is CCc1ccc(N(CC)c2ncc(C(F)(F)F)c(OC(C)CC)n2)cc1. The number of nitrogens with zero attached hydrogens (tertiary/aromatic N) is 3. The Kier molecular flexibility index (Phi) is 6.45. The fraction of sp³-hybridized carbons (Fsp3) is 0.474. The van der Waals surface area contributed by atoms with Gasteiger partial charge in [0.25, 0.3) is 0 Å². The lowest BCUT2D eigenvalue weighted by atomic mass is 10.1. The van der Waals surface area contributed by atoms with Crippen molar-refractivity contribution in [1.29, 1.82) is 0 Å². The lowest BCUT2D eigenvalue weighted by Gasteiger charge is -2.23. The lowest BCUT2D eigenvalue weighted by molar-refractivity contribution is -0.139. The third kappa shape index (κ3) is 4.65. The molecule has 26 heavy (non-hydrogen) atoms. The Balaban J connectivity index is 2.44. The normalized spacial score (nSPS) is 12.7. The van der Waals surface area contributed by atoms with Crippen LogP contribution in [0.15, 0.2) is 30.5 Å². The van der Waals surface area contributed by atoms with E-state index in [1.54, 1.807) is 11.8 Å². The highest BCUT2D eigenvalue weighted by atomic mass is 19.4. The van der Waals surface area contributed by atoms with Crippen LogP contribution in [-0.2, 0) is 12.6 Å². The summed E-state index contributed by atoms with van der Waals surface area (Å²) < 4.78 is 45.2. The molecule has 2 rings (SSSR count). The summed E-state index contributed by atoms with van der Waals surface area (Å²) >= 11 is 0. The Labute approximate surface area is 152 Å². The molecule has 0 radical (unpaired) electrons. The van der Waals surface area contributed by atoms with E-state index in [0.29, 0.717) is 13.0 Å². The van der Waals surface area contributed by atoms with E-state index in [1.165, 1.54) is 5.56 Å². The van der Waals surface area contributed by atoms with E-state index in [1.807, 2.05) is 38.1 Å². The van der Waals surface area contributed by atoms with Crippen molar-refractivity contribution < 1.29 is 17.9 Å². The van der Waals surface area contributed by atoms with Gasteiger partial charge >= 0.3 is 6.18 Å². The van der Waals surface area contributed by atoms with Crippen molar-refractivity contribution in [2.75, 3.05) is 11.4 Å². The van der Waals surface area contributed by atoms with Gasteiger partial charge in [0.05, 0.1) is 6.10 Å². The quantitative estimate of drug-likeness (QED) is 0.657. The van der Waals surface area contributed by atoms with E-state index in [9.17, 15) is 13.2 Å². The number of hydrogen-bond donors (Lipinski definition) is 0. The van der Waals surface area contributed by atoms with Crippen LogP contribution in [-0.4, -0.2) is 22.6 Å². The highest BCUT2D eigenvalue weighted by Crippen LogP contribution is 2.36. The van der Waals surface area contributed by atoms with Crippen molar-refractivity contribution >= 4 is 11.6 Å². The maximum absolute atomic E-state index is 13.3. The molecule has 0 saturated carbocycles. The van der Waals surface area contributed by atoms with Crippen molar-refractivity contribution in [2.24, 2.45) is 0 Å². The van der Waals surface area contributed by atoms with Crippen LogP contribution >= 0.6 is 0 Å². The van der Waals surface area contributed by atoms with Crippen LogP contribution in [0.25, 0.3) is 0 Å². The smallest absolute Gasteiger partial charge is 0.423 e. The standard InChI is InChI=1S/C19H24F3N3O/c1-5-13(4)26-17-16(19(20,21)22)12-23-18(24-17)25(7-3)15-10-8-14(6-2)9-11-15/h8-13H,5-7H2,1-4H3.